The molecule has 1 aliphatic heterocycles. The van der Waals surface area contributed by atoms with Crippen molar-refractivity contribution in [1.29, 1.82) is 0 Å². The van der Waals surface area contributed by atoms with Crippen LogP contribution in [0.25, 0.3) is 0 Å². The van der Waals surface area contributed by atoms with Crippen molar-refractivity contribution in [3.63, 3.8) is 0 Å². The van der Waals surface area contributed by atoms with Crippen LogP contribution in [0.5, 0.6) is 5.75 Å². The molecule has 4 nitrogen and oxygen atoms in total. The highest BCUT2D eigenvalue weighted by Crippen LogP contribution is 2.23. The summed E-state index contributed by atoms with van der Waals surface area (Å²) in [5.41, 5.74) is 3.32. The van der Waals surface area contributed by atoms with Gasteiger partial charge >= 0.3 is 0 Å². The van der Waals surface area contributed by atoms with Crippen molar-refractivity contribution in [3.05, 3.63) is 29.6 Å². The van der Waals surface area contributed by atoms with Crippen LogP contribution in [-0.2, 0) is 11.2 Å². The predicted molar refractivity (Wildman–Crippen MR) is 66.7 cm³/mol. The van der Waals surface area contributed by atoms with E-state index in [2.05, 4.69) is 5.43 Å². The Kier molecular flexibility index (Phi) is 4.52. The molecule has 0 bridgehead atoms. The van der Waals surface area contributed by atoms with Crippen LogP contribution in [0.15, 0.2) is 18.2 Å². The summed E-state index contributed by atoms with van der Waals surface area (Å²) in [6.45, 7) is 0.753. The van der Waals surface area contributed by atoms with Crippen LogP contribution in [0.2, 0.25) is 0 Å². The molecule has 0 saturated carbocycles. The Morgan fingerprint density at radius 3 is 3.06 bits per heavy atom. The summed E-state index contributed by atoms with van der Waals surface area (Å²) in [5, 5.41) is 0. The average molecular weight is 254 g/mol. The van der Waals surface area contributed by atoms with Gasteiger partial charge in [0, 0.05) is 6.61 Å². The van der Waals surface area contributed by atoms with Crippen molar-refractivity contribution in [2.24, 2.45) is 5.84 Å². The molecule has 1 heterocycles. The lowest BCUT2D eigenvalue weighted by atomic mass is 9.99. The van der Waals surface area contributed by atoms with E-state index in [9.17, 15) is 4.39 Å². The topological polar surface area (TPSA) is 56.5 Å². The second-order valence-corrected chi connectivity index (χ2v) is 4.46. The molecule has 0 radical (unpaired) electrons. The van der Waals surface area contributed by atoms with Crippen molar-refractivity contribution >= 4 is 0 Å². The Labute approximate surface area is 106 Å². The number of hydrogen-bond donors (Lipinski definition) is 2. The van der Waals surface area contributed by atoms with E-state index in [1.54, 1.807) is 18.2 Å². The number of nitrogens with two attached hydrogens (primary N) is 1. The Bertz CT molecular complexity index is 395. The fraction of sp³-hybridized carbons (Fsp3) is 0.538. The van der Waals surface area contributed by atoms with E-state index in [4.69, 9.17) is 15.3 Å². The molecule has 2 rings (SSSR count). The zero-order valence-corrected chi connectivity index (χ0v) is 10.5. The third kappa shape index (κ3) is 2.80. The van der Waals surface area contributed by atoms with E-state index in [0.717, 1.165) is 19.4 Å². The molecule has 5 heteroatoms. The fourth-order valence-corrected chi connectivity index (χ4v) is 2.33. The first kappa shape index (κ1) is 13.3. The van der Waals surface area contributed by atoms with Gasteiger partial charge < -0.3 is 9.47 Å². The maximum Gasteiger partial charge on any atom is 0.168 e. The molecular weight excluding hydrogens is 235 g/mol. The Hall–Kier alpha value is -1.17. The molecule has 2 atom stereocenters. The molecule has 1 saturated heterocycles. The minimum absolute atomic E-state index is 0.0561. The van der Waals surface area contributed by atoms with Crippen LogP contribution in [0.3, 0.4) is 0 Å². The van der Waals surface area contributed by atoms with E-state index >= 15 is 0 Å². The second kappa shape index (κ2) is 6.13. The quantitative estimate of drug-likeness (QED) is 0.616. The molecule has 0 amide bonds. The minimum Gasteiger partial charge on any atom is -0.494 e. The Balaban J connectivity index is 2.11. The number of halogens is 1. The average Bonchev–Trinajstić information content (AvgIpc) is 2.91. The number of hydrogen-bond acceptors (Lipinski definition) is 4. The largest absolute Gasteiger partial charge is 0.494 e. The van der Waals surface area contributed by atoms with E-state index in [0.29, 0.717) is 12.0 Å². The highest BCUT2D eigenvalue weighted by Gasteiger charge is 2.26. The molecule has 1 aliphatic rings. The van der Waals surface area contributed by atoms with Crippen LogP contribution in [0.1, 0.15) is 18.4 Å². The van der Waals surface area contributed by atoms with Gasteiger partial charge in [-0.05, 0) is 30.9 Å². The molecule has 0 spiro atoms. The highest BCUT2D eigenvalue weighted by atomic mass is 19.1. The monoisotopic (exact) mass is 254 g/mol. The summed E-state index contributed by atoms with van der Waals surface area (Å²) < 4.78 is 24.6. The standard InChI is InChI=1S/C13H19FN2O2/c1-17-12-5-2-4-9(13(12)14)8-10(16-15)11-6-3-7-18-11/h2,4-5,10-11,16H,3,6-8,15H2,1H3. The van der Waals surface area contributed by atoms with Crippen molar-refractivity contribution < 1.29 is 13.9 Å². The third-order valence-electron chi connectivity index (χ3n) is 3.33. The Morgan fingerprint density at radius 1 is 1.61 bits per heavy atom. The Morgan fingerprint density at radius 2 is 2.44 bits per heavy atom. The smallest absolute Gasteiger partial charge is 0.168 e. The maximum atomic E-state index is 14.0. The highest BCUT2D eigenvalue weighted by molar-refractivity contribution is 5.31. The van der Waals surface area contributed by atoms with Crippen molar-refractivity contribution in [2.45, 2.75) is 31.4 Å². The van der Waals surface area contributed by atoms with Gasteiger partial charge in [0.2, 0.25) is 0 Å². The molecule has 18 heavy (non-hydrogen) atoms. The normalized spacial score (nSPS) is 20.9. The summed E-state index contributed by atoms with van der Waals surface area (Å²) in [6, 6.07) is 5.06. The van der Waals surface area contributed by atoms with Gasteiger partial charge in [-0.25, -0.2) is 4.39 Å². The molecule has 1 fully saturated rings. The zero-order chi connectivity index (χ0) is 13.0. The van der Waals surface area contributed by atoms with Crippen LogP contribution in [0, 0.1) is 5.82 Å². The lowest BCUT2D eigenvalue weighted by Crippen LogP contribution is -2.45. The number of ether oxygens (including phenoxy) is 2. The first-order valence-electron chi connectivity index (χ1n) is 6.15. The van der Waals surface area contributed by atoms with E-state index < -0.39 is 0 Å². The molecule has 2 unspecified atom stereocenters. The molecule has 100 valence electrons. The fourth-order valence-electron chi connectivity index (χ4n) is 2.33. The van der Waals surface area contributed by atoms with Gasteiger partial charge in [0.25, 0.3) is 0 Å². The number of methoxy groups -OCH3 is 1. The van der Waals surface area contributed by atoms with Crippen LogP contribution < -0.4 is 16.0 Å². The molecule has 0 aromatic heterocycles. The van der Waals surface area contributed by atoms with Gasteiger partial charge in [-0.1, -0.05) is 12.1 Å². The lowest BCUT2D eigenvalue weighted by Gasteiger charge is -2.22. The van der Waals surface area contributed by atoms with Gasteiger partial charge in [0.05, 0.1) is 19.3 Å². The molecule has 1 aromatic carbocycles. The summed E-state index contributed by atoms with van der Waals surface area (Å²) in [4.78, 5) is 0. The van der Waals surface area contributed by atoms with Gasteiger partial charge in [-0.2, -0.15) is 0 Å². The first-order valence-corrected chi connectivity index (χ1v) is 6.15. The molecular formula is C13H19FN2O2. The van der Waals surface area contributed by atoms with Crippen LogP contribution in [-0.4, -0.2) is 25.9 Å². The summed E-state index contributed by atoms with van der Waals surface area (Å²) in [6.07, 6.45) is 2.54. The lowest BCUT2D eigenvalue weighted by molar-refractivity contribution is 0.0781. The van der Waals surface area contributed by atoms with Gasteiger partial charge in [0.15, 0.2) is 11.6 Å². The SMILES string of the molecule is COc1cccc(CC(NN)C2CCCO2)c1F. The van der Waals surface area contributed by atoms with Gasteiger partial charge in [-0.15, -0.1) is 0 Å². The number of nitrogens with one attached hydrogen (secondary N) is 1. The maximum absolute atomic E-state index is 14.0. The summed E-state index contributed by atoms with van der Waals surface area (Å²) in [5.74, 6) is 5.48. The molecule has 1 aromatic rings. The summed E-state index contributed by atoms with van der Waals surface area (Å²) in [7, 11) is 1.46. The van der Waals surface area contributed by atoms with E-state index in [1.807, 2.05) is 0 Å². The number of benzene rings is 1. The first-order chi connectivity index (χ1) is 8.76. The van der Waals surface area contributed by atoms with Gasteiger partial charge in [0.1, 0.15) is 0 Å². The van der Waals surface area contributed by atoms with E-state index in [1.165, 1.54) is 7.11 Å². The number of hydrazine groups is 1. The predicted octanol–water partition coefficient (Wildman–Crippen LogP) is 1.39. The van der Waals surface area contributed by atoms with E-state index in [-0.39, 0.29) is 23.7 Å². The van der Waals surface area contributed by atoms with Crippen molar-refractivity contribution in [3.8, 4) is 5.75 Å². The van der Waals surface area contributed by atoms with Crippen LogP contribution in [0.4, 0.5) is 4.39 Å². The second-order valence-electron chi connectivity index (χ2n) is 4.46. The number of rotatable bonds is 5. The van der Waals surface area contributed by atoms with Crippen molar-refractivity contribution in [1.82, 2.24) is 5.43 Å². The molecule has 3 N–H and O–H groups in total. The summed E-state index contributed by atoms with van der Waals surface area (Å²) >= 11 is 0. The van der Waals surface area contributed by atoms with Crippen molar-refractivity contribution in [2.75, 3.05) is 13.7 Å². The minimum atomic E-state index is -0.321. The third-order valence-corrected chi connectivity index (χ3v) is 3.33. The zero-order valence-electron chi connectivity index (χ0n) is 10.5. The van der Waals surface area contributed by atoms with Gasteiger partial charge in [-0.3, -0.25) is 11.3 Å². The molecule has 0 aliphatic carbocycles. The van der Waals surface area contributed by atoms with Crippen LogP contribution >= 0.6 is 0 Å².